The standard InChI is InChI=1S/C24H23BrN4O4S/c1-34(31,32)29-23-11-16(3-7-20(23)25)24(30)14-27-8-9-33-17-4-6-19-18-5-2-15(13-26)10-21(18)28-22(19)12-17/h2-7,10-12,24,27-30H,8-9,14H2,1H3/t24-/m0/s1. The Hall–Kier alpha value is -3.10. The molecule has 0 unspecified atom stereocenters. The number of nitrogens with one attached hydrogen (secondary N) is 3. The van der Waals surface area contributed by atoms with Crippen LogP contribution in [-0.2, 0) is 10.0 Å². The van der Waals surface area contributed by atoms with Crippen molar-refractivity contribution in [1.82, 2.24) is 10.3 Å². The van der Waals surface area contributed by atoms with Gasteiger partial charge in [0.15, 0.2) is 0 Å². The second-order valence-corrected chi connectivity index (χ2v) is 10.5. The van der Waals surface area contributed by atoms with Crippen molar-refractivity contribution in [3.8, 4) is 11.8 Å². The number of aromatic amines is 1. The van der Waals surface area contributed by atoms with Crippen molar-refractivity contribution in [2.45, 2.75) is 6.10 Å². The van der Waals surface area contributed by atoms with Crippen LogP contribution in [0.3, 0.4) is 0 Å². The minimum absolute atomic E-state index is 0.283. The van der Waals surface area contributed by atoms with E-state index < -0.39 is 16.1 Å². The van der Waals surface area contributed by atoms with E-state index in [9.17, 15) is 13.5 Å². The Balaban J connectivity index is 1.31. The van der Waals surface area contributed by atoms with E-state index in [1.165, 1.54) is 0 Å². The van der Waals surface area contributed by atoms with Crippen molar-refractivity contribution in [2.24, 2.45) is 0 Å². The number of rotatable bonds is 9. The van der Waals surface area contributed by atoms with E-state index in [2.05, 4.69) is 37.0 Å². The van der Waals surface area contributed by atoms with E-state index in [0.29, 0.717) is 40.2 Å². The smallest absolute Gasteiger partial charge is 0.229 e. The monoisotopic (exact) mass is 542 g/mol. The van der Waals surface area contributed by atoms with Crippen LogP contribution < -0.4 is 14.8 Å². The van der Waals surface area contributed by atoms with Crippen LogP contribution in [0.5, 0.6) is 5.75 Å². The number of nitrogens with zero attached hydrogens (tertiary/aromatic N) is 1. The molecule has 176 valence electrons. The predicted octanol–water partition coefficient (Wildman–Crippen LogP) is 4.03. The molecule has 0 radical (unpaired) electrons. The summed E-state index contributed by atoms with van der Waals surface area (Å²) in [4.78, 5) is 3.32. The lowest BCUT2D eigenvalue weighted by Crippen LogP contribution is -2.26. The Morgan fingerprint density at radius 1 is 1.12 bits per heavy atom. The number of nitriles is 1. The first-order valence-electron chi connectivity index (χ1n) is 10.5. The van der Waals surface area contributed by atoms with Gasteiger partial charge in [0.05, 0.1) is 35.2 Å². The lowest BCUT2D eigenvalue weighted by atomic mass is 10.1. The summed E-state index contributed by atoms with van der Waals surface area (Å²) in [5.74, 6) is 0.714. The van der Waals surface area contributed by atoms with Gasteiger partial charge in [-0.3, -0.25) is 4.72 Å². The Bertz CT molecular complexity index is 1490. The van der Waals surface area contributed by atoms with Crippen molar-refractivity contribution in [3.63, 3.8) is 0 Å². The second kappa shape index (κ2) is 10.0. The van der Waals surface area contributed by atoms with Crippen LogP contribution in [0.25, 0.3) is 21.8 Å². The number of anilines is 1. The number of aliphatic hydroxyl groups excluding tert-OH is 1. The number of H-pyrrole nitrogens is 1. The summed E-state index contributed by atoms with van der Waals surface area (Å²) in [5.41, 5.74) is 3.41. The molecule has 10 heteroatoms. The third kappa shape index (κ3) is 5.69. The highest BCUT2D eigenvalue weighted by molar-refractivity contribution is 9.10. The maximum atomic E-state index is 11.5. The molecule has 0 aliphatic rings. The van der Waals surface area contributed by atoms with E-state index in [1.807, 2.05) is 30.3 Å². The van der Waals surface area contributed by atoms with Crippen molar-refractivity contribution in [2.75, 3.05) is 30.7 Å². The molecular weight excluding hydrogens is 520 g/mol. The van der Waals surface area contributed by atoms with Crippen molar-refractivity contribution < 1.29 is 18.3 Å². The van der Waals surface area contributed by atoms with Gasteiger partial charge in [-0.2, -0.15) is 5.26 Å². The highest BCUT2D eigenvalue weighted by atomic mass is 79.9. The number of benzene rings is 3. The topological polar surface area (TPSA) is 127 Å². The molecule has 8 nitrogen and oxygen atoms in total. The van der Waals surface area contributed by atoms with E-state index in [0.717, 1.165) is 28.1 Å². The first kappa shape index (κ1) is 24.0. The van der Waals surface area contributed by atoms with Gasteiger partial charge in [-0.15, -0.1) is 0 Å². The highest BCUT2D eigenvalue weighted by Gasteiger charge is 2.12. The van der Waals surface area contributed by atoms with Gasteiger partial charge in [-0.05, 0) is 57.9 Å². The largest absolute Gasteiger partial charge is 0.492 e. The second-order valence-electron chi connectivity index (χ2n) is 7.89. The van der Waals surface area contributed by atoms with Crippen LogP contribution in [0.2, 0.25) is 0 Å². The molecule has 3 aromatic carbocycles. The lowest BCUT2D eigenvalue weighted by Gasteiger charge is -2.15. The van der Waals surface area contributed by atoms with Crippen LogP contribution in [0, 0.1) is 11.3 Å². The number of hydrogen-bond acceptors (Lipinski definition) is 6. The Labute approximate surface area is 205 Å². The molecule has 4 N–H and O–H groups in total. The van der Waals surface area contributed by atoms with E-state index in [4.69, 9.17) is 10.00 Å². The maximum Gasteiger partial charge on any atom is 0.229 e. The molecule has 1 atom stereocenters. The number of fused-ring (bicyclic) bond motifs is 3. The van der Waals surface area contributed by atoms with Gasteiger partial charge in [-0.25, -0.2) is 8.42 Å². The average molecular weight is 543 g/mol. The van der Waals surface area contributed by atoms with Gasteiger partial charge in [0.2, 0.25) is 10.0 Å². The number of ether oxygens (including phenoxy) is 1. The van der Waals surface area contributed by atoms with Gasteiger partial charge in [0, 0.05) is 39.9 Å². The number of sulfonamides is 1. The number of halogens is 1. The number of aromatic nitrogens is 1. The van der Waals surface area contributed by atoms with Crippen LogP contribution in [0.1, 0.15) is 17.2 Å². The van der Waals surface area contributed by atoms with Gasteiger partial charge in [0.1, 0.15) is 12.4 Å². The minimum Gasteiger partial charge on any atom is -0.492 e. The third-order valence-corrected chi connectivity index (χ3v) is 6.54. The van der Waals surface area contributed by atoms with E-state index in [1.54, 1.807) is 24.3 Å². The molecule has 0 aliphatic carbocycles. The molecule has 0 saturated heterocycles. The van der Waals surface area contributed by atoms with Crippen molar-refractivity contribution >= 4 is 53.4 Å². The summed E-state index contributed by atoms with van der Waals surface area (Å²) in [6.07, 6.45) is 0.263. The summed E-state index contributed by atoms with van der Waals surface area (Å²) in [6, 6.07) is 18.6. The fraction of sp³-hybridized carbons (Fsp3) is 0.208. The van der Waals surface area contributed by atoms with Gasteiger partial charge >= 0.3 is 0 Å². The van der Waals surface area contributed by atoms with Crippen molar-refractivity contribution in [3.05, 3.63) is 70.2 Å². The first-order chi connectivity index (χ1) is 16.2. The molecule has 0 spiro atoms. The minimum atomic E-state index is -3.43. The van der Waals surface area contributed by atoms with E-state index >= 15 is 0 Å². The molecule has 4 rings (SSSR count). The summed E-state index contributed by atoms with van der Waals surface area (Å²) in [5, 5.41) is 24.8. The molecular formula is C24H23BrN4O4S. The third-order valence-electron chi connectivity index (χ3n) is 5.26. The zero-order valence-electron chi connectivity index (χ0n) is 18.3. The number of aliphatic hydroxyl groups is 1. The SMILES string of the molecule is CS(=O)(=O)Nc1cc([C@@H](O)CNCCOc2ccc3c(c2)[nH]c2cc(C#N)ccc23)ccc1Br. The average Bonchev–Trinajstić information content (AvgIpc) is 3.16. The Kier molecular flexibility index (Phi) is 7.09. The molecule has 0 amide bonds. The number of hydrogen-bond donors (Lipinski definition) is 4. The summed E-state index contributed by atoms with van der Waals surface area (Å²) >= 11 is 3.30. The Morgan fingerprint density at radius 3 is 2.59 bits per heavy atom. The van der Waals surface area contributed by atoms with Crippen LogP contribution in [-0.4, -0.2) is 44.5 Å². The quantitative estimate of drug-likeness (QED) is 0.236. The molecule has 0 saturated carbocycles. The van der Waals surface area contributed by atoms with Crippen LogP contribution >= 0.6 is 15.9 Å². The zero-order chi connectivity index (χ0) is 24.3. The molecule has 1 aromatic heterocycles. The fourth-order valence-electron chi connectivity index (χ4n) is 3.67. The van der Waals surface area contributed by atoms with Crippen LogP contribution in [0.4, 0.5) is 5.69 Å². The van der Waals surface area contributed by atoms with Gasteiger partial charge in [-0.1, -0.05) is 12.1 Å². The molecule has 0 aliphatic heterocycles. The summed E-state index contributed by atoms with van der Waals surface area (Å²) in [7, 11) is -3.43. The van der Waals surface area contributed by atoms with Crippen LogP contribution in [0.15, 0.2) is 59.1 Å². The lowest BCUT2D eigenvalue weighted by molar-refractivity contribution is 0.172. The van der Waals surface area contributed by atoms with E-state index in [-0.39, 0.29) is 6.54 Å². The summed E-state index contributed by atoms with van der Waals surface area (Å²) < 4.78 is 31.9. The normalized spacial score (nSPS) is 12.5. The van der Waals surface area contributed by atoms with Gasteiger partial charge < -0.3 is 20.1 Å². The molecule has 4 aromatic rings. The van der Waals surface area contributed by atoms with Gasteiger partial charge in [0.25, 0.3) is 0 Å². The molecule has 0 fully saturated rings. The molecule has 34 heavy (non-hydrogen) atoms. The highest BCUT2D eigenvalue weighted by Crippen LogP contribution is 2.29. The maximum absolute atomic E-state index is 11.5. The molecule has 0 bridgehead atoms. The first-order valence-corrected chi connectivity index (χ1v) is 13.2. The fourth-order valence-corrected chi connectivity index (χ4v) is 4.72. The van der Waals surface area contributed by atoms with Crippen molar-refractivity contribution in [1.29, 1.82) is 5.26 Å². The predicted molar refractivity (Wildman–Crippen MR) is 136 cm³/mol. The Morgan fingerprint density at radius 2 is 1.85 bits per heavy atom. The zero-order valence-corrected chi connectivity index (χ0v) is 20.7. The molecule has 1 heterocycles. The summed E-state index contributed by atoms with van der Waals surface area (Å²) in [6.45, 7) is 1.20.